The summed E-state index contributed by atoms with van der Waals surface area (Å²) in [6.07, 6.45) is -49.4. The molecule has 35 heteroatoms. The smallest absolute Gasteiger partial charge is 0.187 e. The van der Waals surface area contributed by atoms with E-state index >= 15 is 0 Å². The van der Waals surface area contributed by atoms with E-state index in [1.165, 1.54) is 99.5 Å². The van der Waals surface area contributed by atoms with Gasteiger partial charge in [0.2, 0.25) is 0 Å². The third-order valence-electron chi connectivity index (χ3n) is 17.6. The molecule has 21 fully saturated rings. The molecule has 7 N–H and O–H groups in total. The molecule has 0 spiro atoms. The van der Waals surface area contributed by atoms with Gasteiger partial charge in [0.1, 0.15) is 171 Å². The summed E-state index contributed by atoms with van der Waals surface area (Å²) in [5, 5.41) is 86.2. The molecule has 0 saturated carbocycles. The van der Waals surface area contributed by atoms with Gasteiger partial charge in [-0.15, -0.1) is 0 Å². The average molecular weight is 1330 g/mol. The van der Waals surface area contributed by atoms with Crippen molar-refractivity contribution in [2.24, 2.45) is 0 Å². The average Bonchev–Trinajstić information content (AvgIpc) is 0.810. The summed E-state index contributed by atoms with van der Waals surface area (Å²) >= 11 is 0. The molecule has 0 aromatic carbocycles. The molecule has 21 rings (SSSR count). The predicted molar refractivity (Wildman–Crippen MR) is 295 cm³/mol. The van der Waals surface area contributed by atoms with Gasteiger partial charge in [0.05, 0.1) is 46.2 Å². The van der Waals surface area contributed by atoms with Crippen molar-refractivity contribution in [3.8, 4) is 0 Å². The predicted octanol–water partition coefficient (Wildman–Crippen LogP) is -6.07. The molecule has 35 atom stereocenters. The van der Waals surface area contributed by atoms with Gasteiger partial charge in [0.25, 0.3) is 0 Å². The molecule has 0 amide bonds. The van der Waals surface area contributed by atoms with E-state index < -0.39 is 215 Å². The van der Waals surface area contributed by atoms with Crippen LogP contribution in [0.15, 0.2) is 0 Å². The maximum atomic E-state index is 12.3. The molecule has 21 heterocycles. The molecule has 532 valence electrons. The van der Waals surface area contributed by atoms with Gasteiger partial charge in [-0.2, -0.15) is 0 Å². The van der Waals surface area contributed by atoms with E-state index in [1.807, 2.05) is 0 Å². The minimum Gasteiger partial charge on any atom is -0.387 e. The van der Waals surface area contributed by atoms with Crippen molar-refractivity contribution in [1.82, 2.24) is 0 Å². The van der Waals surface area contributed by atoms with Gasteiger partial charge >= 0.3 is 0 Å². The molecule has 21 aliphatic heterocycles. The zero-order valence-corrected chi connectivity index (χ0v) is 53.7. The lowest BCUT2D eigenvalue weighted by atomic mass is 9.95. The monoisotopic (exact) mass is 1330 g/mol. The lowest BCUT2D eigenvalue weighted by Crippen LogP contribution is -2.69. The second-order valence-electron chi connectivity index (χ2n) is 23.0. The van der Waals surface area contributed by atoms with E-state index in [0.717, 1.165) is 0 Å². The number of hydrogen-bond acceptors (Lipinski definition) is 35. The van der Waals surface area contributed by atoms with Crippen LogP contribution in [0.25, 0.3) is 0 Å². The van der Waals surface area contributed by atoms with Gasteiger partial charge in [0, 0.05) is 99.5 Å². The van der Waals surface area contributed by atoms with E-state index in [2.05, 4.69) is 0 Å². The minimum absolute atomic E-state index is 0.227. The lowest BCUT2D eigenvalue weighted by molar-refractivity contribution is -0.400. The van der Waals surface area contributed by atoms with Crippen LogP contribution in [-0.4, -0.2) is 396 Å². The van der Waals surface area contributed by atoms with Crippen molar-refractivity contribution >= 4 is 0 Å². The number of rotatable bonds is 21. The summed E-state index contributed by atoms with van der Waals surface area (Å²) in [6.45, 7) is -1.59. The summed E-state index contributed by atoms with van der Waals surface area (Å²) < 4.78 is 171. The third-order valence-corrected chi connectivity index (χ3v) is 17.6. The highest BCUT2D eigenvalue weighted by atomic mass is 16.8. The van der Waals surface area contributed by atoms with Gasteiger partial charge < -0.3 is 168 Å². The highest BCUT2D eigenvalue weighted by molar-refractivity contribution is 5.03. The first-order valence-electron chi connectivity index (χ1n) is 30.0. The van der Waals surface area contributed by atoms with Crippen molar-refractivity contribution < 1.29 is 168 Å². The van der Waals surface area contributed by atoms with Crippen LogP contribution < -0.4 is 0 Å². The Hall–Kier alpha value is -1.40. The SMILES string of the molecule is COC[C@H]1O[C@@H]2O[C@H]3[C@H](O)[C@@H](OC)[C@@H](O[C@H]4[C@H](O)[C@@H](OC)[C@@H](O[C@H]5[C@H](O)[C@@H](OC)[C@@H](O[C@H]6[C@H](O)[C@@H](OC)[C@@H](O[C@H]7[C@H](O)[C@@H](OC)[C@@H](O[C@H]8[C@H](O)[C@@H](OC)C(O[C@H]1[C@H](O)[C@H]2OC)O[C@@H]8COC)O[C@@H]7COC)O[C@@H]6COC)O[C@@H]5COC)O[C@@H]4COC)O[C@@H]3COC. The lowest BCUT2D eigenvalue weighted by Gasteiger charge is -2.51. The Labute approximate surface area is 528 Å². The first kappa shape index (κ1) is 75.4. The maximum absolute atomic E-state index is 12.3. The number of methoxy groups -OCH3 is 14. The van der Waals surface area contributed by atoms with E-state index in [9.17, 15) is 35.7 Å². The van der Waals surface area contributed by atoms with Crippen LogP contribution >= 0.6 is 0 Å². The normalized spacial score (nSPS) is 48.7. The summed E-state index contributed by atoms with van der Waals surface area (Å²) in [5.41, 5.74) is 0. The van der Waals surface area contributed by atoms with Crippen LogP contribution in [-0.2, 0) is 133 Å². The van der Waals surface area contributed by atoms with E-state index in [-0.39, 0.29) is 46.2 Å². The summed E-state index contributed by atoms with van der Waals surface area (Å²) in [7, 11) is 18.7. The molecule has 0 radical (unpaired) electrons. The summed E-state index contributed by atoms with van der Waals surface area (Å²) in [4.78, 5) is 0. The Morgan fingerprint density at radius 1 is 0.187 bits per heavy atom. The van der Waals surface area contributed by atoms with E-state index in [4.69, 9.17) is 133 Å². The largest absolute Gasteiger partial charge is 0.387 e. The Morgan fingerprint density at radius 3 is 0.385 bits per heavy atom. The van der Waals surface area contributed by atoms with Crippen LogP contribution in [0.1, 0.15) is 0 Å². The molecule has 0 aromatic rings. The molecule has 0 aliphatic carbocycles. The molecule has 21 aliphatic rings. The van der Waals surface area contributed by atoms with Crippen LogP contribution in [0.2, 0.25) is 0 Å². The topological polar surface area (TPSA) is 400 Å². The Kier molecular flexibility index (Phi) is 29.3. The fourth-order valence-corrected chi connectivity index (χ4v) is 13.1. The highest BCUT2D eigenvalue weighted by Crippen LogP contribution is 2.41. The Bertz CT molecular complexity index is 1680. The van der Waals surface area contributed by atoms with Crippen LogP contribution in [0.3, 0.4) is 0 Å². The van der Waals surface area contributed by atoms with Crippen molar-refractivity contribution in [3.05, 3.63) is 0 Å². The van der Waals surface area contributed by atoms with Crippen molar-refractivity contribution in [1.29, 1.82) is 0 Å². The van der Waals surface area contributed by atoms with Crippen molar-refractivity contribution in [2.45, 2.75) is 215 Å². The van der Waals surface area contributed by atoms with Crippen LogP contribution in [0, 0.1) is 0 Å². The summed E-state index contributed by atoms with van der Waals surface area (Å²) in [5.74, 6) is 0. The van der Waals surface area contributed by atoms with Gasteiger partial charge in [0.15, 0.2) is 44.0 Å². The standard InChI is InChI=1S/C56H98O35/c1-64-15-22-36-29(57)43(71-8)50(78-22)86-37-23(16-65-2)80-52(45(73-10)30(37)58)88-39-25(18-67-4)82-54(47(75-12)32(39)60)90-41-27(20-69-6)84-56(49(77-14)34(41)62)91-42-28(21-70-7)83-55(48(76-13)35(42)63)89-40-26(19-68-5)81-53(46(74-11)33(40)61)87-38-24(17-66-3)79-51(85-36)44(72-9)31(38)59/h22-63H,15-21H2,1-14H3/t22-,23-,24-,25-,26-,27-,28-,29+,30+,31+,32+,33+,34+,35+,36-,37-,38-,39-,40-,41-,42-,43-,44-,45-,46-,47-,48-,49-,50-,51-,52-,53-,54-,55-,56?/m1/s1. The number of ether oxygens (including phenoxy) is 28. The maximum Gasteiger partial charge on any atom is 0.187 e. The third kappa shape index (κ3) is 16.3. The number of hydrogen-bond donors (Lipinski definition) is 7. The Morgan fingerprint density at radius 2 is 0.297 bits per heavy atom. The van der Waals surface area contributed by atoms with Gasteiger partial charge in [-0.05, 0) is 0 Å². The first-order valence-corrected chi connectivity index (χ1v) is 30.0. The quantitative estimate of drug-likeness (QED) is 0.0562. The molecule has 1 unspecified atom stereocenters. The second-order valence-corrected chi connectivity index (χ2v) is 23.0. The fourth-order valence-electron chi connectivity index (χ4n) is 13.1. The van der Waals surface area contributed by atoms with Crippen LogP contribution in [0.4, 0.5) is 0 Å². The summed E-state index contributed by atoms with van der Waals surface area (Å²) in [6, 6.07) is 0. The van der Waals surface area contributed by atoms with Crippen LogP contribution in [0.5, 0.6) is 0 Å². The van der Waals surface area contributed by atoms with Gasteiger partial charge in [-0.25, -0.2) is 0 Å². The zero-order valence-electron chi connectivity index (χ0n) is 53.7. The van der Waals surface area contributed by atoms with E-state index in [1.54, 1.807) is 0 Å². The minimum atomic E-state index is -1.62. The molecule has 14 bridgehead atoms. The fraction of sp³-hybridized carbons (Fsp3) is 1.00. The molecule has 0 aromatic heterocycles. The molecule has 91 heavy (non-hydrogen) atoms. The highest BCUT2D eigenvalue weighted by Gasteiger charge is 2.61. The Balaban J connectivity index is 1.17. The number of aliphatic hydroxyl groups is 7. The number of aliphatic hydroxyl groups excluding tert-OH is 7. The van der Waals surface area contributed by atoms with Crippen molar-refractivity contribution in [3.63, 3.8) is 0 Å². The zero-order chi connectivity index (χ0) is 66.0. The molecule has 35 nitrogen and oxygen atoms in total. The van der Waals surface area contributed by atoms with E-state index in [0.29, 0.717) is 0 Å². The molecule has 21 saturated heterocycles. The first-order chi connectivity index (χ1) is 43.9. The van der Waals surface area contributed by atoms with Gasteiger partial charge in [-0.1, -0.05) is 0 Å². The second kappa shape index (κ2) is 35.4. The molecular formula is C56H98O35. The molecular weight excluding hydrogens is 1230 g/mol. The van der Waals surface area contributed by atoms with Crippen molar-refractivity contribution in [2.75, 3.05) is 146 Å². The van der Waals surface area contributed by atoms with Gasteiger partial charge in [-0.3, -0.25) is 0 Å².